The highest BCUT2D eigenvalue weighted by Gasteiger charge is 2.45. The van der Waals surface area contributed by atoms with Crippen LogP contribution in [0, 0.1) is 5.82 Å². The van der Waals surface area contributed by atoms with Crippen molar-refractivity contribution in [2.45, 2.75) is 5.41 Å². The van der Waals surface area contributed by atoms with E-state index < -0.39 is 5.41 Å². The highest BCUT2D eigenvalue weighted by Crippen LogP contribution is 2.39. The summed E-state index contributed by atoms with van der Waals surface area (Å²) in [6.45, 7) is 1.27. The van der Waals surface area contributed by atoms with Crippen LogP contribution in [0.25, 0.3) is 0 Å². The number of nitrogens with one attached hydrogen (secondary N) is 2. The molecule has 0 radical (unpaired) electrons. The van der Waals surface area contributed by atoms with Crippen molar-refractivity contribution in [1.82, 2.24) is 5.32 Å². The van der Waals surface area contributed by atoms with Crippen LogP contribution in [-0.2, 0) is 10.2 Å². The highest BCUT2D eigenvalue weighted by atomic mass is 19.1. The van der Waals surface area contributed by atoms with Gasteiger partial charge in [-0.05, 0) is 23.8 Å². The smallest absolute Gasteiger partial charge is 0.240 e. The van der Waals surface area contributed by atoms with Crippen LogP contribution in [-0.4, -0.2) is 19.0 Å². The third-order valence-corrected chi connectivity index (χ3v) is 3.18. The molecule has 0 unspecified atom stereocenters. The van der Waals surface area contributed by atoms with E-state index in [4.69, 9.17) is 0 Å². The fourth-order valence-electron chi connectivity index (χ4n) is 2.36. The third kappa shape index (κ3) is 1.13. The van der Waals surface area contributed by atoms with Crippen molar-refractivity contribution in [3.8, 4) is 0 Å². The lowest BCUT2D eigenvalue weighted by Crippen LogP contribution is -2.45. The minimum absolute atomic E-state index is 0.0865. The molecule has 0 fully saturated rings. The van der Waals surface area contributed by atoms with E-state index in [2.05, 4.69) is 10.6 Å². The van der Waals surface area contributed by atoms with Crippen LogP contribution in [0.4, 0.5) is 10.1 Å². The molecule has 82 valence electrons. The molecule has 2 N–H and O–H groups in total. The number of halogens is 1. The molecule has 1 atom stereocenters. The first kappa shape index (κ1) is 9.54. The summed E-state index contributed by atoms with van der Waals surface area (Å²) in [6, 6.07) is 4.41. The maximum atomic E-state index is 13.2. The summed E-state index contributed by atoms with van der Waals surface area (Å²) < 4.78 is 13.2. The van der Waals surface area contributed by atoms with Crippen molar-refractivity contribution in [1.29, 1.82) is 0 Å². The van der Waals surface area contributed by atoms with Gasteiger partial charge in [-0.1, -0.05) is 12.2 Å². The second-order valence-electron chi connectivity index (χ2n) is 4.15. The predicted octanol–water partition coefficient (Wildman–Crippen LogP) is 1.17. The molecule has 1 aromatic rings. The molecule has 2 heterocycles. The van der Waals surface area contributed by atoms with E-state index >= 15 is 0 Å². The average molecular weight is 218 g/mol. The molecule has 16 heavy (non-hydrogen) atoms. The van der Waals surface area contributed by atoms with Gasteiger partial charge in [0.1, 0.15) is 11.2 Å². The topological polar surface area (TPSA) is 41.1 Å². The van der Waals surface area contributed by atoms with E-state index in [1.54, 1.807) is 6.07 Å². The van der Waals surface area contributed by atoms with Crippen molar-refractivity contribution < 1.29 is 9.18 Å². The van der Waals surface area contributed by atoms with Gasteiger partial charge >= 0.3 is 0 Å². The van der Waals surface area contributed by atoms with E-state index in [9.17, 15) is 9.18 Å². The summed E-state index contributed by atoms with van der Waals surface area (Å²) in [5, 5.41) is 5.93. The van der Waals surface area contributed by atoms with Crippen LogP contribution in [0.3, 0.4) is 0 Å². The molecule has 1 amide bonds. The fraction of sp³-hybridized carbons (Fsp3) is 0.250. The van der Waals surface area contributed by atoms with Gasteiger partial charge in [0.25, 0.3) is 0 Å². The molecule has 0 bridgehead atoms. The van der Waals surface area contributed by atoms with E-state index in [1.807, 2.05) is 12.2 Å². The monoisotopic (exact) mass is 218 g/mol. The number of hydrogen-bond acceptors (Lipinski definition) is 2. The van der Waals surface area contributed by atoms with Gasteiger partial charge in [0.2, 0.25) is 5.91 Å². The van der Waals surface area contributed by atoms with Crippen molar-refractivity contribution in [3.63, 3.8) is 0 Å². The Kier molecular flexibility index (Phi) is 1.88. The van der Waals surface area contributed by atoms with Crippen LogP contribution in [0.1, 0.15) is 5.56 Å². The average Bonchev–Trinajstić information content (AvgIpc) is 2.55. The van der Waals surface area contributed by atoms with Crippen LogP contribution in [0.2, 0.25) is 0 Å². The molecule has 1 aromatic carbocycles. The molecule has 0 saturated carbocycles. The van der Waals surface area contributed by atoms with Gasteiger partial charge in [-0.3, -0.25) is 4.79 Å². The lowest BCUT2D eigenvalue weighted by molar-refractivity contribution is -0.119. The molecule has 3 rings (SSSR count). The zero-order chi connectivity index (χ0) is 11.2. The molecular weight excluding hydrogens is 207 g/mol. The van der Waals surface area contributed by atoms with E-state index in [0.717, 1.165) is 12.1 Å². The zero-order valence-electron chi connectivity index (χ0n) is 8.59. The first-order chi connectivity index (χ1) is 7.72. The maximum absolute atomic E-state index is 13.2. The van der Waals surface area contributed by atoms with Crippen molar-refractivity contribution in [3.05, 3.63) is 41.7 Å². The number of amides is 1. The Morgan fingerprint density at radius 2 is 2.25 bits per heavy atom. The maximum Gasteiger partial charge on any atom is 0.240 e. The summed E-state index contributed by atoms with van der Waals surface area (Å²) in [5.41, 5.74) is 0.705. The minimum atomic E-state index is -0.727. The second-order valence-corrected chi connectivity index (χ2v) is 4.15. The molecule has 4 heteroatoms. The number of anilines is 1. The zero-order valence-corrected chi connectivity index (χ0v) is 8.59. The number of carbonyl (C=O) groups is 1. The first-order valence-electron chi connectivity index (χ1n) is 5.22. The highest BCUT2D eigenvalue weighted by molar-refractivity contribution is 6.08. The second kappa shape index (κ2) is 3.15. The molecular formula is C12H11FN2O. The number of benzene rings is 1. The minimum Gasteiger partial charge on any atom is -0.325 e. The number of hydrogen-bond donors (Lipinski definition) is 2. The van der Waals surface area contributed by atoms with Crippen molar-refractivity contribution in [2.75, 3.05) is 18.4 Å². The molecule has 3 nitrogen and oxygen atoms in total. The normalized spacial score (nSPS) is 26.9. The Labute approximate surface area is 92.3 Å². The van der Waals surface area contributed by atoms with Gasteiger partial charge in [0, 0.05) is 18.8 Å². The van der Waals surface area contributed by atoms with Crippen LogP contribution >= 0.6 is 0 Å². The van der Waals surface area contributed by atoms with E-state index in [-0.39, 0.29) is 11.7 Å². The Balaban J connectivity index is 2.21. The summed E-state index contributed by atoms with van der Waals surface area (Å²) in [4.78, 5) is 12.0. The van der Waals surface area contributed by atoms with Gasteiger partial charge in [-0.25, -0.2) is 4.39 Å². The van der Waals surface area contributed by atoms with Crippen molar-refractivity contribution in [2.24, 2.45) is 0 Å². The van der Waals surface area contributed by atoms with Crippen LogP contribution in [0.15, 0.2) is 30.4 Å². The Bertz CT molecular complexity index is 498. The van der Waals surface area contributed by atoms with E-state index in [0.29, 0.717) is 12.2 Å². The van der Waals surface area contributed by atoms with Gasteiger partial charge in [-0.15, -0.1) is 0 Å². The molecule has 1 spiro atoms. The quantitative estimate of drug-likeness (QED) is 0.642. The van der Waals surface area contributed by atoms with Gasteiger partial charge in [0.05, 0.1) is 0 Å². The lowest BCUT2D eigenvalue weighted by atomic mass is 9.80. The van der Waals surface area contributed by atoms with Crippen molar-refractivity contribution >= 4 is 11.6 Å². The summed E-state index contributed by atoms with van der Waals surface area (Å²) in [7, 11) is 0. The fourth-order valence-corrected chi connectivity index (χ4v) is 2.36. The Morgan fingerprint density at radius 1 is 1.38 bits per heavy atom. The molecule has 0 aliphatic carbocycles. The summed E-state index contributed by atoms with van der Waals surface area (Å²) in [5.74, 6) is -0.398. The van der Waals surface area contributed by atoms with Crippen LogP contribution in [0.5, 0.6) is 0 Å². The molecule has 2 aliphatic heterocycles. The van der Waals surface area contributed by atoms with Crippen LogP contribution < -0.4 is 10.6 Å². The standard InChI is InChI=1S/C12H11FN2O/c13-8-2-3-10-9(6-8)12(11(16)15-10)4-1-5-14-7-12/h1-4,6,14H,5,7H2,(H,15,16)/t12-/m1/s1. The van der Waals surface area contributed by atoms with Gasteiger partial charge in [0.15, 0.2) is 0 Å². The third-order valence-electron chi connectivity index (χ3n) is 3.18. The Hall–Kier alpha value is -1.68. The summed E-state index contributed by atoms with van der Waals surface area (Å²) in [6.07, 6.45) is 3.77. The number of rotatable bonds is 0. The Morgan fingerprint density at radius 3 is 3.00 bits per heavy atom. The predicted molar refractivity (Wildman–Crippen MR) is 58.7 cm³/mol. The molecule has 0 saturated heterocycles. The molecule has 2 aliphatic rings. The molecule has 0 aromatic heterocycles. The summed E-state index contributed by atoms with van der Waals surface area (Å²) >= 11 is 0. The number of carbonyl (C=O) groups excluding carboxylic acids is 1. The first-order valence-corrected chi connectivity index (χ1v) is 5.22. The largest absolute Gasteiger partial charge is 0.325 e. The van der Waals surface area contributed by atoms with Gasteiger partial charge in [-0.2, -0.15) is 0 Å². The number of fused-ring (bicyclic) bond motifs is 2. The lowest BCUT2D eigenvalue weighted by Gasteiger charge is -2.27. The van der Waals surface area contributed by atoms with E-state index in [1.165, 1.54) is 12.1 Å². The van der Waals surface area contributed by atoms with Gasteiger partial charge < -0.3 is 10.6 Å². The SMILES string of the molecule is O=C1Nc2ccc(F)cc2[C@]12C=CCNC2.